The van der Waals surface area contributed by atoms with E-state index in [9.17, 15) is 4.79 Å². The maximum atomic E-state index is 11.6. The lowest BCUT2D eigenvalue weighted by Crippen LogP contribution is -2.10. The fraction of sp³-hybridized carbons (Fsp3) is 0. The molecule has 0 spiro atoms. The first kappa shape index (κ1) is 10.6. The van der Waals surface area contributed by atoms with Gasteiger partial charge in [-0.1, -0.05) is 29.8 Å². The van der Waals surface area contributed by atoms with Crippen molar-refractivity contribution in [3.8, 4) is 5.75 Å². The normalized spacial score (nSPS) is 9.81. The van der Waals surface area contributed by atoms with Crippen molar-refractivity contribution in [3.63, 3.8) is 0 Å². The zero-order valence-electron chi connectivity index (χ0n) is 8.26. The minimum absolute atomic E-state index is 0.191. The maximum Gasteiger partial charge on any atom is 0.362 e. The third kappa shape index (κ3) is 2.58. The van der Waals surface area contributed by atoms with Crippen LogP contribution in [0.15, 0.2) is 48.7 Å². The van der Waals surface area contributed by atoms with Crippen molar-refractivity contribution in [2.24, 2.45) is 0 Å². The SMILES string of the molecule is O=C(Oc1ccccc1)c1cc(Cl)ccn1. The Balaban J connectivity index is 2.15. The van der Waals surface area contributed by atoms with Crippen LogP contribution in [0.3, 0.4) is 0 Å². The quantitative estimate of drug-likeness (QED) is 0.591. The van der Waals surface area contributed by atoms with Crippen molar-refractivity contribution in [2.75, 3.05) is 0 Å². The van der Waals surface area contributed by atoms with Gasteiger partial charge in [-0.15, -0.1) is 0 Å². The number of pyridine rings is 1. The zero-order chi connectivity index (χ0) is 11.4. The predicted octanol–water partition coefficient (Wildman–Crippen LogP) is 2.95. The van der Waals surface area contributed by atoms with Gasteiger partial charge in [-0.2, -0.15) is 0 Å². The summed E-state index contributed by atoms with van der Waals surface area (Å²) < 4.78 is 5.10. The summed E-state index contributed by atoms with van der Waals surface area (Å²) in [4.78, 5) is 15.5. The van der Waals surface area contributed by atoms with Gasteiger partial charge in [0.25, 0.3) is 0 Å². The molecule has 0 N–H and O–H groups in total. The molecular formula is C12H8ClNO2. The molecule has 1 aromatic heterocycles. The topological polar surface area (TPSA) is 39.2 Å². The van der Waals surface area contributed by atoms with E-state index in [4.69, 9.17) is 16.3 Å². The Morgan fingerprint density at radius 3 is 2.62 bits per heavy atom. The van der Waals surface area contributed by atoms with E-state index in [-0.39, 0.29) is 5.69 Å². The molecule has 2 rings (SSSR count). The molecule has 0 unspecified atom stereocenters. The molecule has 0 fully saturated rings. The van der Waals surface area contributed by atoms with Crippen LogP contribution in [0.5, 0.6) is 5.75 Å². The third-order valence-corrected chi connectivity index (χ3v) is 2.12. The highest BCUT2D eigenvalue weighted by atomic mass is 35.5. The van der Waals surface area contributed by atoms with Crippen LogP contribution < -0.4 is 4.74 Å². The minimum atomic E-state index is -0.520. The van der Waals surface area contributed by atoms with Crippen molar-refractivity contribution in [3.05, 3.63) is 59.4 Å². The number of rotatable bonds is 2. The Bertz CT molecular complexity index is 499. The number of benzene rings is 1. The van der Waals surface area contributed by atoms with E-state index < -0.39 is 5.97 Å². The van der Waals surface area contributed by atoms with Gasteiger partial charge in [-0.05, 0) is 24.3 Å². The van der Waals surface area contributed by atoms with Crippen LogP contribution in [0.1, 0.15) is 10.5 Å². The largest absolute Gasteiger partial charge is 0.422 e. The van der Waals surface area contributed by atoms with E-state index >= 15 is 0 Å². The number of aromatic nitrogens is 1. The Morgan fingerprint density at radius 2 is 1.94 bits per heavy atom. The van der Waals surface area contributed by atoms with E-state index in [0.29, 0.717) is 10.8 Å². The second-order valence-corrected chi connectivity index (χ2v) is 3.50. The lowest BCUT2D eigenvalue weighted by atomic mass is 10.3. The first-order valence-electron chi connectivity index (χ1n) is 4.64. The predicted molar refractivity (Wildman–Crippen MR) is 60.6 cm³/mol. The molecule has 0 aliphatic carbocycles. The van der Waals surface area contributed by atoms with Gasteiger partial charge in [-0.3, -0.25) is 0 Å². The molecule has 0 radical (unpaired) electrons. The van der Waals surface area contributed by atoms with Crippen LogP contribution in [0.25, 0.3) is 0 Å². The Kier molecular flexibility index (Phi) is 3.17. The number of ether oxygens (including phenoxy) is 1. The number of carbonyl (C=O) groups excluding carboxylic acids is 1. The van der Waals surface area contributed by atoms with Crippen LogP contribution in [-0.2, 0) is 0 Å². The van der Waals surface area contributed by atoms with Gasteiger partial charge in [0, 0.05) is 11.2 Å². The number of carbonyl (C=O) groups is 1. The van der Waals surface area contributed by atoms with Crippen molar-refractivity contribution < 1.29 is 9.53 Å². The molecule has 1 heterocycles. The summed E-state index contributed by atoms with van der Waals surface area (Å²) in [6.07, 6.45) is 1.46. The number of halogens is 1. The highest BCUT2D eigenvalue weighted by molar-refractivity contribution is 6.30. The van der Waals surface area contributed by atoms with Gasteiger partial charge in [0.1, 0.15) is 11.4 Å². The summed E-state index contributed by atoms with van der Waals surface area (Å²) in [5.41, 5.74) is 0.191. The average Bonchev–Trinajstić information content (AvgIpc) is 2.30. The minimum Gasteiger partial charge on any atom is -0.422 e. The first-order valence-corrected chi connectivity index (χ1v) is 5.02. The summed E-state index contributed by atoms with van der Waals surface area (Å²) in [5, 5.41) is 0.454. The second kappa shape index (κ2) is 4.77. The third-order valence-electron chi connectivity index (χ3n) is 1.88. The molecule has 4 heteroatoms. The van der Waals surface area contributed by atoms with Gasteiger partial charge in [0.15, 0.2) is 0 Å². The van der Waals surface area contributed by atoms with E-state index in [1.807, 2.05) is 6.07 Å². The van der Waals surface area contributed by atoms with Crippen LogP contribution >= 0.6 is 11.6 Å². The van der Waals surface area contributed by atoms with Crippen molar-refractivity contribution in [1.82, 2.24) is 4.98 Å². The summed E-state index contributed by atoms with van der Waals surface area (Å²) in [7, 11) is 0. The molecule has 0 atom stereocenters. The summed E-state index contributed by atoms with van der Waals surface area (Å²) in [6.45, 7) is 0. The first-order chi connectivity index (χ1) is 7.75. The number of hydrogen-bond acceptors (Lipinski definition) is 3. The molecule has 0 aliphatic rings. The maximum absolute atomic E-state index is 11.6. The summed E-state index contributed by atoms with van der Waals surface area (Å²) in [6, 6.07) is 11.9. The lowest BCUT2D eigenvalue weighted by molar-refractivity contribution is 0.0728. The van der Waals surface area contributed by atoms with Crippen molar-refractivity contribution >= 4 is 17.6 Å². The second-order valence-electron chi connectivity index (χ2n) is 3.06. The zero-order valence-corrected chi connectivity index (χ0v) is 9.02. The highest BCUT2D eigenvalue weighted by Crippen LogP contribution is 2.13. The average molecular weight is 234 g/mol. The Labute approximate surface area is 97.7 Å². The van der Waals surface area contributed by atoms with Crippen molar-refractivity contribution in [2.45, 2.75) is 0 Å². The molecule has 3 nitrogen and oxygen atoms in total. The number of nitrogens with zero attached hydrogens (tertiary/aromatic N) is 1. The van der Waals surface area contributed by atoms with E-state index in [1.54, 1.807) is 30.3 Å². The van der Waals surface area contributed by atoms with Crippen LogP contribution in [0.2, 0.25) is 5.02 Å². The monoisotopic (exact) mass is 233 g/mol. The summed E-state index contributed by atoms with van der Waals surface area (Å²) >= 11 is 5.74. The molecule has 0 bridgehead atoms. The Morgan fingerprint density at radius 1 is 1.19 bits per heavy atom. The smallest absolute Gasteiger partial charge is 0.362 e. The van der Waals surface area contributed by atoms with Gasteiger partial charge in [0.2, 0.25) is 0 Å². The van der Waals surface area contributed by atoms with Crippen LogP contribution in [0, 0.1) is 0 Å². The standard InChI is InChI=1S/C12H8ClNO2/c13-9-6-7-14-11(8-9)12(15)16-10-4-2-1-3-5-10/h1-8H. The van der Waals surface area contributed by atoms with Crippen LogP contribution in [0.4, 0.5) is 0 Å². The highest BCUT2D eigenvalue weighted by Gasteiger charge is 2.09. The van der Waals surface area contributed by atoms with Gasteiger partial charge >= 0.3 is 5.97 Å². The van der Waals surface area contributed by atoms with Crippen molar-refractivity contribution in [1.29, 1.82) is 0 Å². The fourth-order valence-corrected chi connectivity index (χ4v) is 1.32. The van der Waals surface area contributed by atoms with Gasteiger partial charge in [-0.25, -0.2) is 9.78 Å². The van der Waals surface area contributed by atoms with Crippen LogP contribution in [-0.4, -0.2) is 11.0 Å². The number of para-hydroxylation sites is 1. The summed E-state index contributed by atoms with van der Waals surface area (Å²) in [5.74, 6) is -0.0389. The molecule has 0 amide bonds. The fourth-order valence-electron chi connectivity index (χ4n) is 1.16. The molecular weight excluding hydrogens is 226 g/mol. The number of esters is 1. The molecule has 0 aliphatic heterocycles. The van der Waals surface area contributed by atoms with E-state index in [0.717, 1.165) is 0 Å². The van der Waals surface area contributed by atoms with E-state index in [1.165, 1.54) is 12.3 Å². The molecule has 0 saturated heterocycles. The van der Waals surface area contributed by atoms with Gasteiger partial charge < -0.3 is 4.74 Å². The molecule has 80 valence electrons. The molecule has 1 aromatic carbocycles. The molecule has 0 saturated carbocycles. The van der Waals surface area contributed by atoms with Gasteiger partial charge in [0.05, 0.1) is 0 Å². The molecule has 16 heavy (non-hydrogen) atoms. The molecule has 2 aromatic rings. The Hall–Kier alpha value is -1.87. The number of hydrogen-bond donors (Lipinski definition) is 0. The van der Waals surface area contributed by atoms with E-state index in [2.05, 4.69) is 4.98 Å². The lowest BCUT2D eigenvalue weighted by Gasteiger charge is -2.02.